The number of halogens is 1. The van der Waals surface area contributed by atoms with Gasteiger partial charge in [0.15, 0.2) is 0 Å². The van der Waals surface area contributed by atoms with Crippen molar-refractivity contribution >= 4 is 11.6 Å². The van der Waals surface area contributed by atoms with Crippen LogP contribution in [-0.4, -0.2) is 30.6 Å². The molecule has 0 spiro atoms. The second kappa shape index (κ2) is 7.74. The predicted octanol–water partition coefficient (Wildman–Crippen LogP) is 1.43. The Bertz CT molecular complexity index is 231. The third kappa shape index (κ3) is 5.17. The van der Waals surface area contributed by atoms with Crippen molar-refractivity contribution < 1.29 is 4.74 Å². The summed E-state index contributed by atoms with van der Waals surface area (Å²) in [5.74, 6) is 0.560. The first kappa shape index (κ1) is 11.4. The molecule has 0 aliphatic carbocycles. The third-order valence-corrected chi connectivity index (χ3v) is 1.88. The number of ether oxygens (including phenoxy) is 1. The van der Waals surface area contributed by atoms with Gasteiger partial charge in [-0.1, -0.05) is 0 Å². The highest BCUT2D eigenvalue weighted by molar-refractivity contribution is 6.17. The molecular weight excluding hydrogens is 200 g/mol. The summed E-state index contributed by atoms with van der Waals surface area (Å²) < 4.78 is 5.21. The fourth-order valence-corrected chi connectivity index (χ4v) is 1.14. The van der Waals surface area contributed by atoms with E-state index < -0.39 is 0 Å². The van der Waals surface area contributed by atoms with Crippen LogP contribution in [0.25, 0.3) is 0 Å². The Labute approximate surface area is 89.4 Å². The number of pyridine rings is 1. The highest BCUT2D eigenvalue weighted by atomic mass is 35.5. The fraction of sp³-hybridized carbons (Fsp3) is 0.500. The third-order valence-electron chi connectivity index (χ3n) is 1.72. The van der Waals surface area contributed by atoms with Crippen molar-refractivity contribution in [3.63, 3.8) is 0 Å². The van der Waals surface area contributed by atoms with Gasteiger partial charge in [0.2, 0.25) is 0 Å². The van der Waals surface area contributed by atoms with E-state index in [0.29, 0.717) is 19.1 Å². The molecule has 1 aromatic rings. The molecule has 1 aromatic heterocycles. The van der Waals surface area contributed by atoms with E-state index in [9.17, 15) is 0 Å². The summed E-state index contributed by atoms with van der Waals surface area (Å²) in [6.45, 7) is 3.03. The van der Waals surface area contributed by atoms with Gasteiger partial charge in [-0.3, -0.25) is 4.98 Å². The Hall–Kier alpha value is -0.640. The van der Waals surface area contributed by atoms with Gasteiger partial charge in [-0.05, 0) is 17.7 Å². The van der Waals surface area contributed by atoms with Crippen LogP contribution in [0.1, 0.15) is 5.56 Å². The van der Waals surface area contributed by atoms with Crippen molar-refractivity contribution in [1.82, 2.24) is 10.3 Å². The normalized spacial score (nSPS) is 10.4. The molecule has 1 heterocycles. The molecule has 0 unspecified atom stereocenters. The highest BCUT2D eigenvalue weighted by Crippen LogP contribution is 1.94. The molecule has 0 saturated heterocycles. The molecule has 1 N–H and O–H groups in total. The van der Waals surface area contributed by atoms with Gasteiger partial charge in [-0.15, -0.1) is 11.6 Å². The lowest BCUT2D eigenvalue weighted by Crippen LogP contribution is -2.19. The summed E-state index contributed by atoms with van der Waals surface area (Å²) in [6, 6.07) is 3.99. The van der Waals surface area contributed by atoms with E-state index in [1.54, 1.807) is 12.4 Å². The largest absolute Gasteiger partial charge is 0.379 e. The lowest BCUT2D eigenvalue weighted by molar-refractivity contribution is 0.151. The number of rotatable bonds is 7. The van der Waals surface area contributed by atoms with Crippen LogP contribution in [0.2, 0.25) is 0 Å². The van der Waals surface area contributed by atoms with Crippen LogP contribution in [-0.2, 0) is 11.3 Å². The van der Waals surface area contributed by atoms with E-state index in [4.69, 9.17) is 16.3 Å². The monoisotopic (exact) mass is 214 g/mol. The molecule has 1 rings (SSSR count). The van der Waals surface area contributed by atoms with Gasteiger partial charge in [-0.2, -0.15) is 0 Å². The standard InChI is InChI=1S/C10H15ClN2O/c11-3-7-14-8-6-13-9-10-1-4-12-5-2-10/h1-2,4-5,13H,3,6-9H2. The molecule has 0 atom stereocenters. The summed E-state index contributed by atoms with van der Waals surface area (Å²) in [6.07, 6.45) is 3.59. The first-order valence-electron chi connectivity index (χ1n) is 4.67. The summed E-state index contributed by atoms with van der Waals surface area (Å²) >= 11 is 5.46. The van der Waals surface area contributed by atoms with Gasteiger partial charge in [0.25, 0.3) is 0 Å². The minimum Gasteiger partial charge on any atom is -0.379 e. The van der Waals surface area contributed by atoms with Crippen LogP contribution < -0.4 is 5.32 Å². The van der Waals surface area contributed by atoms with Crippen molar-refractivity contribution in [3.05, 3.63) is 30.1 Å². The molecule has 0 aliphatic heterocycles. The number of alkyl halides is 1. The van der Waals surface area contributed by atoms with E-state index in [2.05, 4.69) is 10.3 Å². The molecule has 0 fully saturated rings. The van der Waals surface area contributed by atoms with E-state index in [1.165, 1.54) is 5.56 Å². The van der Waals surface area contributed by atoms with E-state index in [-0.39, 0.29) is 0 Å². The molecule has 0 aliphatic rings. The second-order valence-corrected chi connectivity index (χ2v) is 3.21. The lowest BCUT2D eigenvalue weighted by Gasteiger charge is -2.04. The maximum atomic E-state index is 5.46. The molecule has 4 heteroatoms. The Balaban J connectivity index is 1.99. The molecule has 0 aromatic carbocycles. The van der Waals surface area contributed by atoms with Crippen molar-refractivity contribution in [3.8, 4) is 0 Å². The smallest absolute Gasteiger partial charge is 0.0602 e. The zero-order valence-corrected chi connectivity index (χ0v) is 8.83. The first-order chi connectivity index (χ1) is 6.93. The van der Waals surface area contributed by atoms with Crippen LogP contribution in [0.4, 0.5) is 0 Å². The minimum absolute atomic E-state index is 0.560. The Kier molecular flexibility index (Phi) is 6.32. The zero-order chi connectivity index (χ0) is 10.1. The average Bonchev–Trinajstić information content (AvgIpc) is 2.25. The van der Waals surface area contributed by atoms with Crippen molar-refractivity contribution in [1.29, 1.82) is 0 Å². The number of hydrogen-bond acceptors (Lipinski definition) is 3. The molecule has 0 radical (unpaired) electrons. The number of nitrogens with zero attached hydrogens (tertiary/aromatic N) is 1. The van der Waals surface area contributed by atoms with E-state index >= 15 is 0 Å². The molecule has 0 bridgehead atoms. The van der Waals surface area contributed by atoms with Gasteiger partial charge in [0.05, 0.1) is 13.2 Å². The molecule has 0 amide bonds. The first-order valence-corrected chi connectivity index (χ1v) is 5.20. The van der Waals surface area contributed by atoms with E-state index in [0.717, 1.165) is 13.1 Å². The molecule has 14 heavy (non-hydrogen) atoms. The number of nitrogens with one attached hydrogen (secondary N) is 1. The van der Waals surface area contributed by atoms with Crippen LogP contribution in [0, 0.1) is 0 Å². The topological polar surface area (TPSA) is 34.1 Å². The molecule has 0 saturated carbocycles. The Morgan fingerprint density at radius 2 is 2.07 bits per heavy atom. The predicted molar refractivity (Wildman–Crippen MR) is 57.5 cm³/mol. The Morgan fingerprint density at radius 1 is 1.29 bits per heavy atom. The van der Waals surface area contributed by atoms with Gasteiger partial charge in [0.1, 0.15) is 0 Å². The number of aromatic nitrogens is 1. The molecule has 78 valence electrons. The maximum absolute atomic E-state index is 5.46. The SMILES string of the molecule is ClCCOCCNCc1ccncc1. The summed E-state index contributed by atoms with van der Waals surface area (Å²) in [7, 11) is 0. The molecule has 3 nitrogen and oxygen atoms in total. The van der Waals surface area contributed by atoms with Crippen LogP contribution >= 0.6 is 11.6 Å². The number of hydrogen-bond donors (Lipinski definition) is 1. The van der Waals surface area contributed by atoms with Crippen molar-refractivity contribution in [2.24, 2.45) is 0 Å². The second-order valence-electron chi connectivity index (χ2n) is 2.83. The van der Waals surface area contributed by atoms with Gasteiger partial charge in [0, 0.05) is 31.4 Å². The minimum atomic E-state index is 0.560. The lowest BCUT2D eigenvalue weighted by atomic mass is 10.3. The summed E-state index contributed by atoms with van der Waals surface area (Å²) in [4.78, 5) is 3.95. The van der Waals surface area contributed by atoms with Crippen molar-refractivity contribution in [2.45, 2.75) is 6.54 Å². The van der Waals surface area contributed by atoms with Gasteiger partial charge < -0.3 is 10.1 Å². The van der Waals surface area contributed by atoms with Crippen LogP contribution in [0.3, 0.4) is 0 Å². The van der Waals surface area contributed by atoms with E-state index in [1.807, 2.05) is 12.1 Å². The maximum Gasteiger partial charge on any atom is 0.0602 e. The quantitative estimate of drug-likeness (QED) is 0.551. The van der Waals surface area contributed by atoms with Crippen molar-refractivity contribution in [2.75, 3.05) is 25.6 Å². The molecular formula is C10H15ClN2O. The average molecular weight is 215 g/mol. The zero-order valence-electron chi connectivity index (χ0n) is 8.08. The van der Waals surface area contributed by atoms with Crippen LogP contribution in [0.15, 0.2) is 24.5 Å². The Morgan fingerprint density at radius 3 is 2.79 bits per heavy atom. The van der Waals surface area contributed by atoms with Gasteiger partial charge >= 0.3 is 0 Å². The summed E-state index contributed by atoms with van der Waals surface area (Å²) in [5.41, 5.74) is 1.23. The highest BCUT2D eigenvalue weighted by Gasteiger charge is 1.90. The summed E-state index contributed by atoms with van der Waals surface area (Å²) in [5, 5.41) is 3.26. The van der Waals surface area contributed by atoms with Gasteiger partial charge in [-0.25, -0.2) is 0 Å². The fourth-order valence-electron chi connectivity index (χ4n) is 1.03. The van der Waals surface area contributed by atoms with Crippen LogP contribution in [0.5, 0.6) is 0 Å².